The van der Waals surface area contributed by atoms with Gasteiger partial charge in [0.25, 0.3) is 0 Å². The molecule has 0 fully saturated rings. The smallest absolute Gasteiger partial charge is 0.339 e. The minimum absolute atomic E-state index is 0.188. The quantitative estimate of drug-likeness (QED) is 0.559. The van der Waals surface area contributed by atoms with Crippen LogP contribution in [0.3, 0.4) is 0 Å². The monoisotopic (exact) mass is 288 g/mol. The second kappa shape index (κ2) is 4.75. The fraction of sp³-hybridized carbons (Fsp3) is 0.133. The molecule has 0 aliphatic heterocycles. The van der Waals surface area contributed by atoms with E-state index in [0.29, 0.717) is 21.6 Å². The van der Waals surface area contributed by atoms with Crippen LogP contribution in [0.5, 0.6) is 0 Å². The first-order chi connectivity index (χ1) is 9.99. The van der Waals surface area contributed by atoms with Crippen LogP contribution in [-0.4, -0.2) is 16.3 Å². The average Bonchev–Trinajstić information content (AvgIpc) is 2.85. The lowest BCUT2D eigenvalue weighted by Gasteiger charge is -2.20. The van der Waals surface area contributed by atoms with Crippen molar-refractivity contribution in [2.45, 2.75) is 13.0 Å². The standard InChI is InChI=1S/C15H13FN2O3/c1-8(18(20)15(17)19)9-5-6-10-11-3-2-4-12(16)14(11)21-13(10)7-9/h2-8,20H,1H3,(H2,17,19). The molecule has 6 heteroatoms. The molecule has 0 aliphatic rings. The molecule has 2 amide bonds. The Kier molecular flexibility index (Phi) is 3.03. The third kappa shape index (κ3) is 2.09. The SMILES string of the molecule is CC(c1ccc2c(c1)oc1c(F)cccc12)N(O)C(N)=O. The van der Waals surface area contributed by atoms with E-state index in [-0.39, 0.29) is 5.58 Å². The van der Waals surface area contributed by atoms with Gasteiger partial charge in [0.05, 0.1) is 6.04 Å². The molecule has 5 nitrogen and oxygen atoms in total. The zero-order valence-electron chi connectivity index (χ0n) is 11.2. The molecular formula is C15H13FN2O3. The van der Waals surface area contributed by atoms with Gasteiger partial charge >= 0.3 is 6.03 Å². The Bertz CT molecular complexity index is 843. The number of carbonyl (C=O) groups is 1. The Balaban J connectivity index is 2.15. The van der Waals surface area contributed by atoms with Crippen LogP contribution in [0.2, 0.25) is 0 Å². The van der Waals surface area contributed by atoms with Crippen molar-refractivity contribution in [3.8, 4) is 0 Å². The van der Waals surface area contributed by atoms with Crippen LogP contribution in [0, 0.1) is 5.82 Å². The summed E-state index contributed by atoms with van der Waals surface area (Å²) < 4.78 is 19.2. The maximum atomic E-state index is 13.7. The second-order valence-electron chi connectivity index (χ2n) is 4.83. The van der Waals surface area contributed by atoms with E-state index < -0.39 is 17.9 Å². The van der Waals surface area contributed by atoms with E-state index >= 15 is 0 Å². The molecule has 0 aliphatic carbocycles. The van der Waals surface area contributed by atoms with Crippen molar-refractivity contribution < 1.29 is 18.8 Å². The number of fused-ring (bicyclic) bond motifs is 3. The lowest BCUT2D eigenvalue weighted by atomic mass is 10.1. The van der Waals surface area contributed by atoms with Crippen molar-refractivity contribution >= 4 is 28.0 Å². The lowest BCUT2D eigenvalue weighted by Crippen LogP contribution is -2.34. The normalized spacial score (nSPS) is 12.7. The molecule has 3 N–H and O–H groups in total. The number of furan rings is 1. The summed E-state index contributed by atoms with van der Waals surface area (Å²) in [5.41, 5.74) is 6.33. The first-order valence-corrected chi connectivity index (χ1v) is 6.37. The Morgan fingerprint density at radius 2 is 2.10 bits per heavy atom. The summed E-state index contributed by atoms with van der Waals surface area (Å²) in [5, 5.41) is 11.5. The number of hydrogen-bond donors (Lipinski definition) is 2. The molecule has 0 saturated heterocycles. The van der Waals surface area contributed by atoms with Gasteiger partial charge < -0.3 is 10.2 Å². The van der Waals surface area contributed by atoms with Gasteiger partial charge in [-0.2, -0.15) is 5.06 Å². The molecule has 1 atom stereocenters. The van der Waals surface area contributed by atoms with Crippen LogP contribution in [0.1, 0.15) is 18.5 Å². The molecule has 1 aromatic heterocycles. The van der Waals surface area contributed by atoms with Gasteiger partial charge in [-0.25, -0.2) is 9.18 Å². The molecule has 2 aromatic carbocycles. The highest BCUT2D eigenvalue weighted by Crippen LogP contribution is 2.32. The molecule has 1 unspecified atom stereocenters. The number of carbonyl (C=O) groups excluding carboxylic acids is 1. The number of para-hydroxylation sites is 1. The summed E-state index contributed by atoms with van der Waals surface area (Å²) in [5.74, 6) is -0.431. The molecule has 3 rings (SSSR count). The molecule has 3 aromatic rings. The van der Waals surface area contributed by atoms with E-state index in [9.17, 15) is 14.4 Å². The van der Waals surface area contributed by atoms with Gasteiger partial charge in [0.1, 0.15) is 5.58 Å². The zero-order chi connectivity index (χ0) is 15.1. The van der Waals surface area contributed by atoms with E-state index in [1.165, 1.54) is 6.07 Å². The van der Waals surface area contributed by atoms with Gasteiger partial charge in [0.15, 0.2) is 11.4 Å². The average molecular weight is 288 g/mol. The highest BCUT2D eigenvalue weighted by Gasteiger charge is 2.19. The first kappa shape index (κ1) is 13.4. The summed E-state index contributed by atoms with van der Waals surface area (Å²) in [4.78, 5) is 11.0. The highest BCUT2D eigenvalue weighted by atomic mass is 19.1. The number of primary amides is 1. The summed E-state index contributed by atoms with van der Waals surface area (Å²) in [6, 6.07) is 8.30. The number of halogens is 1. The fourth-order valence-electron chi connectivity index (χ4n) is 2.37. The molecule has 0 saturated carbocycles. The Hall–Kier alpha value is -2.60. The predicted molar refractivity (Wildman–Crippen MR) is 75.3 cm³/mol. The van der Waals surface area contributed by atoms with Crippen LogP contribution in [-0.2, 0) is 0 Å². The maximum absolute atomic E-state index is 13.7. The van der Waals surface area contributed by atoms with Crippen molar-refractivity contribution in [1.29, 1.82) is 0 Å². The molecule has 108 valence electrons. The summed E-state index contributed by atoms with van der Waals surface area (Å²) >= 11 is 0. The summed E-state index contributed by atoms with van der Waals surface area (Å²) in [6.45, 7) is 1.62. The molecular weight excluding hydrogens is 275 g/mol. The third-order valence-electron chi connectivity index (χ3n) is 3.55. The molecule has 0 spiro atoms. The van der Waals surface area contributed by atoms with Crippen LogP contribution < -0.4 is 5.73 Å². The second-order valence-corrected chi connectivity index (χ2v) is 4.83. The van der Waals surface area contributed by atoms with E-state index in [1.54, 1.807) is 37.3 Å². The molecule has 0 bridgehead atoms. The van der Waals surface area contributed by atoms with E-state index in [2.05, 4.69) is 0 Å². The van der Waals surface area contributed by atoms with Gasteiger partial charge in [-0.1, -0.05) is 24.3 Å². The van der Waals surface area contributed by atoms with Gasteiger partial charge in [0.2, 0.25) is 0 Å². The van der Waals surface area contributed by atoms with Gasteiger partial charge in [0, 0.05) is 10.8 Å². The lowest BCUT2D eigenvalue weighted by molar-refractivity contribution is -0.0709. The van der Waals surface area contributed by atoms with Crippen molar-refractivity contribution in [2.24, 2.45) is 5.73 Å². The number of rotatable bonds is 2. The van der Waals surface area contributed by atoms with Crippen LogP contribution in [0.15, 0.2) is 40.8 Å². The van der Waals surface area contributed by atoms with Gasteiger partial charge in [-0.05, 0) is 24.6 Å². The number of nitrogens with zero attached hydrogens (tertiary/aromatic N) is 1. The first-order valence-electron chi connectivity index (χ1n) is 6.37. The largest absolute Gasteiger partial charge is 0.453 e. The van der Waals surface area contributed by atoms with Crippen LogP contribution >= 0.6 is 0 Å². The number of urea groups is 1. The molecule has 1 heterocycles. The number of benzene rings is 2. The Morgan fingerprint density at radius 3 is 2.81 bits per heavy atom. The number of nitrogens with two attached hydrogens (primary N) is 1. The molecule has 21 heavy (non-hydrogen) atoms. The number of hydrogen-bond acceptors (Lipinski definition) is 3. The number of hydroxylamine groups is 2. The van der Waals surface area contributed by atoms with E-state index in [4.69, 9.17) is 10.2 Å². The van der Waals surface area contributed by atoms with Crippen molar-refractivity contribution in [3.63, 3.8) is 0 Å². The summed E-state index contributed by atoms with van der Waals surface area (Å²) in [6.07, 6.45) is 0. The van der Waals surface area contributed by atoms with Crippen LogP contribution in [0.4, 0.5) is 9.18 Å². The topological polar surface area (TPSA) is 79.7 Å². The Morgan fingerprint density at radius 1 is 1.33 bits per heavy atom. The van der Waals surface area contributed by atoms with Crippen molar-refractivity contribution in [3.05, 3.63) is 47.8 Å². The minimum Gasteiger partial charge on any atom is -0.453 e. The van der Waals surface area contributed by atoms with Crippen molar-refractivity contribution in [2.75, 3.05) is 0 Å². The third-order valence-corrected chi connectivity index (χ3v) is 3.55. The van der Waals surface area contributed by atoms with Gasteiger partial charge in [-0.3, -0.25) is 5.21 Å². The highest BCUT2D eigenvalue weighted by molar-refractivity contribution is 6.05. The fourth-order valence-corrected chi connectivity index (χ4v) is 2.37. The maximum Gasteiger partial charge on any atom is 0.339 e. The Labute approximate surface area is 119 Å². The zero-order valence-corrected chi connectivity index (χ0v) is 11.2. The summed E-state index contributed by atoms with van der Waals surface area (Å²) in [7, 11) is 0. The predicted octanol–water partition coefficient (Wildman–Crippen LogP) is 3.56. The minimum atomic E-state index is -0.946. The van der Waals surface area contributed by atoms with Gasteiger partial charge in [-0.15, -0.1) is 0 Å². The molecule has 0 radical (unpaired) electrons. The van der Waals surface area contributed by atoms with E-state index in [1.807, 2.05) is 0 Å². The number of amides is 2. The van der Waals surface area contributed by atoms with E-state index in [0.717, 1.165) is 5.39 Å². The van der Waals surface area contributed by atoms with Crippen LogP contribution in [0.25, 0.3) is 21.9 Å². The van der Waals surface area contributed by atoms with Crippen molar-refractivity contribution in [1.82, 2.24) is 5.06 Å².